The molecule has 0 aliphatic rings. The zero-order chi connectivity index (χ0) is 22.7. The van der Waals surface area contributed by atoms with Crippen molar-refractivity contribution in [3.05, 3.63) is 83.9 Å². The van der Waals surface area contributed by atoms with E-state index in [1.807, 2.05) is 48.5 Å². The van der Waals surface area contributed by atoms with Crippen molar-refractivity contribution in [3.63, 3.8) is 0 Å². The molecule has 0 aliphatic carbocycles. The number of methoxy groups -OCH3 is 1. The normalized spacial score (nSPS) is 11.4. The van der Waals surface area contributed by atoms with Crippen LogP contribution in [0.1, 0.15) is 11.1 Å². The smallest absolute Gasteiger partial charge is 0.233 e. The van der Waals surface area contributed by atoms with Gasteiger partial charge in [-0.15, -0.1) is 0 Å². The van der Waals surface area contributed by atoms with Crippen LogP contribution in [0.4, 0.5) is 5.13 Å². The Labute approximate surface area is 191 Å². The summed E-state index contributed by atoms with van der Waals surface area (Å²) < 4.78 is 29.7. The summed E-state index contributed by atoms with van der Waals surface area (Å²) in [4.78, 5) is 19.9. The summed E-state index contributed by atoms with van der Waals surface area (Å²) in [5.41, 5.74) is 2.50. The number of carbonyl (C=O) groups is 1. The first-order valence-corrected chi connectivity index (χ1v) is 12.6. The highest BCUT2D eigenvalue weighted by Crippen LogP contribution is 2.32. The fourth-order valence-corrected chi connectivity index (χ4v) is 4.88. The Kier molecular flexibility index (Phi) is 6.25. The molecule has 164 valence electrons. The average Bonchev–Trinajstić information content (AvgIpc) is 3.20. The highest BCUT2D eigenvalue weighted by Gasteiger charge is 2.21. The quantitative estimate of drug-likeness (QED) is 0.401. The van der Waals surface area contributed by atoms with Crippen molar-refractivity contribution in [3.8, 4) is 5.75 Å². The minimum absolute atomic E-state index is 0.119. The summed E-state index contributed by atoms with van der Waals surface area (Å²) in [7, 11) is -1.68. The van der Waals surface area contributed by atoms with E-state index in [0.29, 0.717) is 17.4 Å². The van der Waals surface area contributed by atoms with E-state index < -0.39 is 9.84 Å². The zero-order valence-electron chi connectivity index (χ0n) is 17.7. The number of amides is 1. The van der Waals surface area contributed by atoms with Crippen molar-refractivity contribution < 1.29 is 17.9 Å². The van der Waals surface area contributed by atoms with Gasteiger partial charge in [0.2, 0.25) is 5.91 Å². The number of fused-ring (bicyclic) bond motifs is 1. The Balaban J connectivity index is 1.65. The van der Waals surface area contributed by atoms with Crippen molar-refractivity contribution in [2.45, 2.75) is 17.9 Å². The summed E-state index contributed by atoms with van der Waals surface area (Å²) in [6.07, 6.45) is 1.30. The Bertz CT molecular complexity index is 1350. The zero-order valence-corrected chi connectivity index (χ0v) is 19.3. The van der Waals surface area contributed by atoms with Crippen LogP contribution in [-0.2, 0) is 27.6 Å². The van der Waals surface area contributed by atoms with Crippen LogP contribution in [0.2, 0.25) is 0 Å². The molecule has 6 nitrogen and oxygen atoms in total. The van der Waals surface area contributed by atoms with Gasteiger partial charge in [-0.3, -0.25) is 9.69 Å². The lowest BCUT2D eigenvalue weighted by atomic mass is 10.1. The molecule has 4 rings (SSSR count). The van der Waals surface area contributed by atoms with Gasteiger partial charge in [-0.25, -0.2) is 13.4 Å². The number of anilines is 1. The second-order valence-corrected chi connectivity index (χ2v) is 10.4. The maximum atomic E-state index is 13.3. The van der Waals surface area contributed by atoms with E-state index in [-0.39, 0.29) is 17.2 Å². The first kappa shape index (κ1) is 22.0. The van der Waals surface area contributed by atoms with Crippen LogP contribution in [0.15, 0.2) is 77.7 Å². The van der Waals surface area contributed by atoms with Crippen molar-refractivity contribution in [2.24, 2.45) is 0 Å². The molecule has 0 bridgehead atoms. The van der Waals surface area contributed by atoms with E-state index >= 15 is 0 Å². The van der Waals surface area contributed by atoms with E-state index in [2.05, 4.69) is 0 Å². The Morgan fingerprint density at radius 1 is 1.00 bits per heavy atom. The van der Waals surface area contributed by atoms with Crippen molar-refractivity contribution in [1.29, 1.82) is 0 Å². The number of carbonyl (C=O) groups excluding carboxylic acids is 1. The van der Waals surface area contributed by atoms with Crippen LogP contribution in [-0.4, -0.2) is 32.7 Å². The van der Waals surface area contributed by atoms with E-state index in [9.17, 15) is 13.2 Å². The first-order valence-electron chi connectivity index (χ1n) is 9.91. The van der Waals surface area contributed by atoms with Gasteiger partial charge < -0.3 is 4.74 Å². The lowest BCUT2D eigenvalue weighted by molar-refractivity contribution is -0.118. The van der Waals surface area contributed by atoms with Gasteiger partial charge in [-0.1, -0.05) is 53.8 Å². The SMILES string of the molecule is COc1ccc2sc(N(Cc3ccccc3)C(=O)Cc3ccc(S(C)(=O)=O)cc3)nc2c1. The molecule has 32 heavy (non-hydrogen) atoms. The molecule has 0 radical (unpaired) electrons. The minimum Gasteiger partial charge on any atom is -0.497 e. The monoisotopic (exact) mass is 466 g/mol. The van der Waals surface area contributed by atoms with Crippen LogP contribution in [0.25, 0.3) is 10.2 Å². The topological polar surface area (TPSA) is 76.6 Å². The number of nitrogens with zero attached hydrogens (tertiary/aromatic N) is 2. The second-order valence-electron chi connectivity index (χ2n) is 7.39. The van der Waals surface area contributed by atoms with Crippen molar-refractivity contribution in [2.75, 3.05) is 18.3 Å². The third kappa shape index (κ3) is 4.98. The van der Waals surface area contributed by atoms with Crippen LogP contribution in [0, 0.1) is 0 Å². The number of benzene rings is 3. The average molecular weight is 467 g/mol. The Morgan fingerprint density at radius 3 is 2.38 bits per heavy atom. The predicted octanol–water partition coefficient (Wildman–Crippen LogP) is 4.48. The third-order valence-corrected chi connectivity index (χ3v) is 7.19. The molecule has 4 aromatic rings. The maximum Gasteiger partial charge on any atom is 0.233 e. The first-order chi connectivity index (χ1) is 15.3. The molecule has 0 saturated heterocycles. The molecule has 0 spiro atoms. The molecule has 8 heteroatoms. The fourth-order valence-electron chi connectivity index (χ4n) is 3.29. The molecule has 0 aliphatic heterocycles. The molecule has 0 atom stereocenters. The summed E-state index contributed by atoms with van der Waals surface area (Å²) >= 11 is 1.45. The summed E-state index contributed by atoms with van der Waals surface area (Å²) in [6, 6.07) is 21.8. The summed E-state index contributed by atoms with van der Waals surface area (Å²) in [6.45, 7) is 0.387. The van der Waals surface area contributed by atoms with Gasteiger partial charge in [0.1, 0.15) is 5.75 Å². The van der Waals surface area contributed by atoms with Crippen LogP contribution >= 0.6 is 11.3 Å². The van der Waals surface area contributed by atoms with Crippen molar-refractivity contribution >= 4 is 42.4 Å². The predicted molar refractivity (Wildman–Crippen MR) is 127 cm³/mol. The molecule has 0 N–H and O–H groups in total. The molecule has 1 aromatic heterocycles. The molecule has 1 amide bonds. The number of sulfone groups is 1. The van der Waals surface area contributed by atoms with Crippen LogP contribution < -0.4 is 9.64 Å². The highest BCUT2D eigenvalue weighted by molar-refractivity contribution is 7.90. The molecule has 0 unspecified atom stereocenters. The van der Waals surface area contributed by atoms with Gasteiger partial charge in [0, 0.05) is 12.3 Å². The number of rotatable bonds is 7. The van der Waals surface area contributed by atoms with Crippen LogP contribution in [0.5, 0.6) is 5.75 Å². The molecule has 0 saturated carbocycles. The van der Waals surface area contributed by atoms with E-state index in [0.717, 1.165) is 27.6 Å². The standard InChI is InChI=1S/C24H22N2O4S2/c1-30-19-10-13-22-21(15-19)25-24(31-22)26(16-18-6-4-3-5-7-18)23(27)14-17-8-11-20(12-9-17)32(2,28)29/h3-13,15H,14,16H2,1-2H3. The van der Waals surface area contributed by atoms with E-state index in [1.165, 1.54) is 23.5 Å². The van der Waals surface area contributed by atoms with Crippen molar-refractivity contribution in [1.82, 2.24) is 4.98 Å². The Hall–Kier alpha value is -3.23. The number of hydrogen-bond donors (Lipinski definition) is 0. The number of thiazole rings is 1. The molecule has 3 aromatic carbocycles. The van der Waals surface area contributed by atoms with Gasteiger partial charge in [0.25, 0.3) is 0 Å². The van der Waals surface area contributed by atoms with Crippen LogP contribution in [0.3, 0.4) is 0 Å². The molecule has 0 fully saturated rings. The summed E-state index contributed by atoms with van der Waals surface area (Å²) in [5, 5.41) is 0.606. The lowest BCUT2D eigenvalue weighted by Crippen LogP contribution is -2.31. The molecular weight excluding hydrogens is 444 g/mol. The maximum absolute atomic E-state index is 13.3. The van der Waals surface area contributed by atoms with Gasteiger partial charge in [0.05, 0.1) is 35.2 Å². The van der Waals surface area contributed by atoms with E-state index in [1.54, 1.807) is 24.1 Å². The van der Waals surface area contributed by atoms with Gasteiger partial charge in [-0.2, -0.15) is 0 Å². The van der Waals surface area contributed by atoms with E-state index in [4.69, 9.17) is 9.72 Å². The molecule has 1 heterocycles. The number of hydrogen-bond acceptors (Lipinski definition) is 6. The number of aromatic nitrogens is 1. The van der Waals surface area contributed by atoms with Gasteiger partial charge in [-0.05, 0) is 35.4 Å². The fraction of sp³-hybridized carbons (Fsp3) is 0.167. The van der Waals surface area contributed by atoms with Gasteiger partial charge >= 0.3 is 0 Å². The largest absolute Gasteiger partial charge is 0.497 e. The minimum atomic E-state index is -3.28. The lowest BCUT2D eigenvalue weighted by Gasteiger charge is -2.20. The number of ether oxygens (including phenoxy) is 1. The summed E-state index contributed by atoms with van der Waals surface area (Å²) in [5.74, 6) is 0.591. The Morgan fingerprint density at radius 2 is 1.72 bits per heavy atom. The highest BCUT2D eigenvalue weighted by atomic mass is 32.2. The third-order valence-electron chi connectivity index (χ3n) is 5.01. The molecular formula is C24H22N2O4S2. The second kappa shape index (κ2) is 9.10. The van der Waals surface area contributed by atoms with Gasteiger partial charge in [0.15, 0.2) is 15.0 Å².